The normalized spacial score (nSPS) is 21.4. The van der Waals surface area contributed by atoms with E-state index in [2.05, 4.69) is 48.4 Å². The predicted molar refractivity (Wildman–Crippen MR) is 159 cm³/mol. The quantitative estimate of drug-likeness (QED) is 0.408. The molecule has 2 aromatic carbocycles. The first kappa shape index (κ1) is 29.8. The van der Waals surface area contributed by atoms with Crippen LogP contribution in [0.1, 0.15) is 76.1 Å². The van der Waals surface area contributed by atoms with Crippen molar-refractivity contribution in [3.63, 3.8) is 0 Å². The molecule has 8 heteroatoms. The van der Waals surface area contributed by atoms with Gasteiger partial charge in [0.15, 0.2) is 0 Å². The van der Waals surface area contributed by atoms with E-state index in [0.717, 1.165) is 67.8 Å². The van der Waals surface area contributed by atoms with Gasteiger partial charge < -0.3 is 30.1 Å². The number of halogens is 1. The van der Waals surface area contributed by atoms with E-state index in [0.29, 0.717) is 26.2 Å². The highest BCUT2D eigenvalue weighted by Crippen LogP contribution is 2.52. The summed E-state index contributed by atoms with van der Waals surface area (Å²) in [5.41, 5.74) is 4.38. The van der Waals surface area contributed by atoms with Crippen LogP contribution in [0, 0.1) is 11.2 Å². The lowest BCUT2D eigenvalue weighted by atomic mass is 9.72. The van der Waals surface area contributed by atoms with E-state index in [-0.39, 0.29) is 28.8 Å². The molecule has 0 bridgehead atoms. The van der Waals surface area contributed by atoms with Crippen LogP contribution in [0.15, 0.2) is 36.4 Å². The third-order valence-electron chi connectivity index (χ3n) is 8.57. The van der Waals surface area contributed by atoms with Gasteiger partial charge in [-0.2, -0.15) is 0 Å². The van der Waals surface area contributed by atoms with Crippen molar-refractivity contribution in [2.75, 3.05) is 37.7 Å². The molecule has 2 heterocycles. The van der Waals surface area contributed by atoms with Gasteiger partial charge in [-0.1, -0.05) is 39.0 Å². The molecule has 1 amide bonds. The lowest BCUT2D eigenvalue weighted by molar-refractivity contribution is -0.120. The van der Waals surface area contributed by atoms with Gasteiger partial charge in [-0.05, 0) is 66.8 Å². The number of aliphatic hydroxyl groups is 1. The summed E-state index contributed by atoms with van der Waals surface area (Å²) in [6.07, 6.45) is 4.58. The number of ether oxygens (including phenoxy) is 2. The van der Waals surface area contributed by atoms with Crippen LogP contribution in [0.25, 0.3) is 0 Å². The number of morpholine rings is 1. The van der Waals surface area contributed by atoms with Crippen molar-refractivity contribution in [2.45, 2.75) is 90.0 Å². The van der Waals surface area contributed by atoms with Crippen molar-refractivity contribution in [3.8, 4) is 5.75 Å². The highest BCUT2D eigenvalue weighted by molar-refractivity contribution is 5.73. The van der Waals surface area contributed by atoms with E-state index in [1.807, 2.05) is 0 Å². The van der Waals surface area contributed by atoms with E-state index in [1.165, 1.54) is 24.6 Å². The lowest BCUT2D eigenvalue weighted by Crippen LogP contribution is -2.52. The minimum atomic E-state index is -0.830. The smallest absolute Gasteiger partial charge is 0.217 e. The Bertz CT molecular complexity index is 1200. The number of carbonyl (C=O) groups excluding carboxylic acids is 1. The number of hydrogen-bond acceptors (Lipinski definition) is 6. The van der Waals surface area contributed by atoms with Gasteiger partial charge in [0.2, 0.25) is 5.91 Å². The van der Waals surface area contributed by atoms with Crippen molar-refractivity contribution in [1.29, 1.82) is 0 Å². The average Bonchev–Trinajstić information content (AvgIpc) is 2.90. The minimum absolute atomic E-state index is 0.0113. The number of fused-ring (bicyclic) bond motifs is 1. The van der Waals surface area contributed by atoms with Crippen molar-refractivity contribution in [1.82, 2.24) is 10.6 Å². The molecule has 3 aliphatic rings. The second kappa shape index (κ2) is 12.3. The summed E-state index contributed by atoms with van der Waals surface area (Å²) in [4.78, 5) is 14.4. The first-order valence-electron chi connectivity index (χ1n) is 15.1. The fraction of sp³-hybridized carbons (Fsp3) is 0.606. The Labute approximate surface area is 243 Å². The van der Waals surface area contributed by atoms with Gasteiger partial charge in [-0.15, -0.1) is 0 Å². The van der Waals surface area contributed by atoms with E-state index >= 15 is 0 Å². The summed E-state index contributed by atoms with van der Waals surface area (Å²) in [5, 5.41) is 17.9. The van der Waals surface area contributed by atoms with Gasteiger partial charge in [0, 0.05) is 44.6 Å². The molecule has 2 aliphatic heterocycles. The molecule has 41 heavy (non-hydrogen) atoms. The molecule has 1 saturated heterocycles. The summed E-state index contributed by atoms with van der Waals surface area (Å²) in [7, 11) is 0. The number of rotatable bonds is 9. The second-order valence-electron chi connectivity index (χ2n) is 13.4. The largest absolute Gasteiger partial charge is 0.485 e. The zero-order chi connectivity index (χ0) is 29.2. The number of nitrogens with zero attached hydrogens (tertiary/aromatic N) is 1. The van der Waals surface area contributed by atoms with Gasteiger partial charge in [0.25, 0.3) is 0 Å². The van der Waals surface area contributed by atoms with Crippen LogP contribution in [-0.2, 0) is 22.4 Å². The third kappa shape index (κ3) is 7.40. The highest BCUT2D eigenvalue weighted by atomic mass is 19.1. The van der Waals surface area contributed by atoms with Crippen LogP contribution in [-0.4, -0.2) is 61.6 Å². The molecule has 2 aromatic rings. The molecule has 2 fully saturated rings. The van der Waals surface area contributed by atoms with Gasteiger partial charge >= 0.3 is 0 Å². The van der Waals surface area contributed by atoms with E-state index in [4.69, 9.17) is 9.47 Å². The maximum atomic E-state index is 13.5. The van der Waals surface area contributed by atoms with E-state index in [9.17, 15) is 14.3 Å². The Morgan fingerprint density at radius 2 is 1.85 bits per heavy atom. The summed E-state index contributed by atoms with van der Waals surface area (Å²) in [5.74, 6) is 0.451. The Balaban J connectivity index is 1.42. The van der Waals surface area contributed by atoms with Gasteiger partial charge in [-0.3, -0.25) is 4.79 Å². The molecule has 5 rings (SSSR count). The Kier molecular flexibility index (Phi) is 8.92. The van der Waals surface area contributed by atoms with Crippen molar-refractivity contribution in [3.05, 3.63) is 58.9 Å². The maximum absolute atomic E-state index is 13.5. The fourth-order valence-electron chi connectivity index (χ4n) is 6.44. The average molecular weight is 568 g/mol. The minimum Gasteiger partial charge on any atom is -0.485 e. The molecular formula is C33H46FN3O4. The Hall–Kier alpha value is -2.68. The molecule has 3 atom stereocenters. The summed E-state index contributed by atoms with van der Waals surface area (Å²) in [6.45, 7) is 11.6. The van der Waals surface area contributed by atoms with E-state index < -0.39 is 12.1 Å². The van der Waals surface area contributed by atoms with Crippen LogP contribution in [0.4, 0.5) is 10.1 Å². The zero-order valence-electron chi connectivity index (χ0n) is 25.0. The summed E-state index contributed by atoms with van der Waals surface area (Å²) >= 11 is 0. The molecule has 0 radical (unpaired) electrons. The van der Waals surface area contributed by atoms with Crippen LogP contribution >= 0.6 is 0 Å². The number of anilines is 1. The fourth-order valence-corrected chi connectivity index (χ4v) is 6.44. The summed E-state index contributed by atoms with van der Waals surface area (Å²) in [6, 6.07) is 10.3. The third-order valence-corrected chi connectivity index (χ3v) is 8.57. The first-order chi connectivity index (χ1) is 19.5. The molecule has 3 N–H and O–H groups in total. The number of amides is 1. The van der Waals surface area contributed by atoms with Crippen LogP contribution in [0.3, 0.4) is 0 Å². The summed E-state index contributed by atoms with van der Waals surface area (Å²) < 4.78 is 26.0. The van der Waals surface area contributed by atoms with Crippen molar-refractivity contribution >= 4 is 11.6 Å². The Morgan fingerprint density at radius 1 is 1.15 bits per heavy atom. The molecule has 1 saturated carbocycles. The first-order valence-corrected chi connectivity index (χ1v) is 15.1. The number of aliphatic hydroxyl groups excluding tert-OH is 1. The monoisotopic (exact) mass is 567 g/mol. The second-order valence-corrected chi connectivity index (χ2v) is 13.4. The Morgan fingerprint density at radius 3 is 2.46 bits per heavy atom. The van der Waals surface area contributed by atoms with Crippen molar-refractivity contribution in [2.24, 2.45) is 5.41 Å². The maximum Gasteiger partial charge on any atom is 0.217 e. The topological polar surface area (TPSA) is 83.1 Å². The van der Waals surface area contributed by atoms with Crippen LogP contribution < -0.4 is 20.3 Å². The predicted octanol–water partition coefficient (Wildman–Crippen LogP) is 4.70. The zero-order valence-corrected chi connectivity index (χ0v) is 25.0. The number of nitrogens with one attached hydrogen (secondary N) is 2. The number of hydrogen-bond donors (Lipinski definition) is 3. The molecule has 224 valence electrons. The molecule has 0 aromatic heterocycles. The van der Waals surface area contributed by atoms with E-state index in [1.54, 1.807) is 12.1 Å². The highest BCUT2D eigenvalue weighted by Gasteiger charge is 2.47. The molecule has 0 unspecified atom stereocenters. The van der Waals surface area contributed by atoms with Crippen molar-refractivity contribution < 1.29 is 23.8 Å². The SMILES string of the molecule is CC(=O)N[C@@H](Cc1ccc(F)cc1)[C@H](O)CN[C@H]1CC2(CCC2)Oc2c1cc(CC(C)(C)C)cc2N1CCOCC1. The molecule has 7 nitrogen and oxygen atoms in total. The standard InChI is InChI=1S/C33H46FN3O4/c1-22(38)36-27(17-23-6-8-25(34)9-7-23)30(39)21-35-28-20-33(10-5-11-33)41-31-26(28)16-24(19-32(2,3)4)18-29(31)37-12-14-40-15-13-37/h6-9,16,18,27-28,30,35,39H,5,10-15,17,19-21H2,1-4H3,(H,36,38)/t27-,28-,30+/m0/s1. The molecule has 1 aliphatic carbocycles. The van der Waals surface area contributed by atoms with Crippen LogP contribution in [0.2, 0.25) is 0 Å². The lowest BCUT2D eigenvalue weighted by Gasteiger charge is -2.49. The van der Waals surface area contributed by atoms with Crippen LogP contribution in [0.5, 0.6) is 5.75 Å². The van der Waals surface area contributed by atoms with Gasteiger partial charge in [0.05, 0.1) is 31.0 Å². The van der Waals surface area contributed by atoms with Gasteiger partial charge in [-0.25, -0.2) is 4.39 Å². The van der Waals surface area contributed by atoms with Gasteiger partial charge in [0.1, 0.15) is 17.2 Å². The number of benzene rings is 2. The molecular weight excluding hydrogens is 521 g/mol. The number of carbonyl (C=O) groups is 1. The molecule has 1 spiro atoms.